The molecule has 0 spiro atoms. The van der Waals surface area contributed by atoms with Crippen LogP contribution in [0.4, 0.5) is 0 Å². The number of aliphatic hydroxyl groups excluding tert-OH is 7. The second-order valence-corrected chi connectivity index (χ2v) is 22.3. The standard InChI is InChI=1S/C52H88N10O15.2C2H4O2/c1-5-28(2)24-29(3)12-10-8-6-7-9-11-13-39(69)56-34-26-38(68)46(55-22-21-54)60-50(75)43-37(67)19-23-61(43)52(77)41(36(66)18-20-53)58-49(74)42(45(71)44(70)31-14-16-32(64)17-15-31)59-48(73)35-25-33(65)27-62(35)51(76)40(30(4)63)57-47(34)72;2*1-2(3)4/h14-17,28-30,33-38,40-46,55,63-68,70-71H,5-13,18-27,53-54H2,1-4H3,(H,56,69)(H,57,72)(H,58,74)(H,59,73)(H,60,75);2*1H3,(H,3,4)/t28?,29?,30-,33-,34+,35+,36-,37+,38-,40+,41+,42+,43+,44+,45+,46-;;/m1../s1. The highest BCUT2D eigenvalue weighted by Gasteiger charge is 2.49. The number of aliphatic carboxylic acids is 2. The van der Waals surface area contributed by atoms with Crippen molar-refractivity contribution >= 4 is 53.3 Å². The number of carbonyl (C=O) groups excluding carboxylic acids is 7. The summed E-state index contributed by atoms with van der Waals surface area (Å²) in [7, 11) is 0. The number of hydrogen-bond acceptors (Lipinski definition) is 20. The van der Waals surface area contributed by atoms with Crippen molar-refractivity contribution in [2.24, 2.45) is 23.3 Å². The molecule has 1 aromatic carbocycles. The number of aromatic hydroxyl groups is 1. The summed E-state index contributed by atoms with van der Waals surface area (Å²) in [6.07, 6.45) is -6.95. The Morgan fingerprint density at radius 1 is 0.682 bits per heavy atom. The number of nitrogens with two attached hydrogens (primary N) is 2. The number of rotatable bonds is 23. The van der Waals surface area contributed by atoms with Gasteiger partial charge in [0, 0.05) is 59.3 Å². The zero-order chi connectivity index (χ0) is 64.2. The van der Waals surface area contributed by atoms with Crippen molar-refractivity contribution in [1.29, 1.82) is 0 Å². The first-order chi connectivity index (χ1) is 40.0. The molecule has 16 atom stereocenters. The molecule has 484 valence electrons. The van der Waals surface area contributed by atoms with Gasteiger partial charge in [-0.3, -0.25) is 48.5 Å². The number of carbonyl (C=O) groups is 9. The molecule has 3 saturated heterocycles. The lowest BCUT2D eigenvalue weighted by atomic mass is 9.91. The van der Waals surface area contributed by atoms with Gasteiger partial charge in [0.05, 0.1) is 30.5 Å². The number of carboxylic acid groups (broad SMARTS) is 2. The van der Waals surface area contributed by atoms with E-state index in [1.165, 1.54) is 30.7 Å². The number of fused-ring (bicyclic) bond motifs is 2. The fourth-order valence-electron chi connectivity index (χ4n) is 10.2. The first-order valence-corrected chi connectivity index (χ1v) is 29.2. The van der Waals surface area contributed by atoms with Gasteiger partial charge in [-0.05, 0) is 68.7 Å². The number of nitrogens with one attached hydrogen (secondary N) is 6. The summed E-state index contributed by atoms with van der Waals surface area (Å²) >= 11 is 0. The molecule has 3 aliphatic rings. The molecule has 0 aliphatic carbocycles. The van der Waals surface area contributed by atoms with E-state index in [1.807, 2.05) is 0 Å². The van der Waals surface area contributed by atoms with Crippen LogP contribution in [0.15, 0.2) is 24.3 Å². The van der Waals surface area contributed by atoms with Crippen LogP contribution in [0.25, 0.3) is 0 Å². The molecular formula is C56H96N10O19. The smallest absolute Gasteiger partial charge is 0.300 e. The average Bonchev–Trinajstić information content (AvgIpc) is 2.52. The Hall–Kier alpha value is -6.15. The van der Waals surface area contributed by atoms with Gasteiger partial charge in [-0.1, -0.05) is 77.8 Å². The highest BCUT2D eigenvalue weighted by molar-refractivity contribution is 5.98. The van der Waals surface area contributed by atoms with Gasteiger partial charge < -0.3 is 98.9 Å². The van der Waals surface area contributed by atoms with Gasteiger partial charge in [0.25, 0.3) is 11.9 Å². The molecule has 20 N–H and O–H groups in total. The largest absolute Gasteiger partial charge is 0.508 e. The Kier molecular flexibility index (Phi) is 33.6. The number of nitrogens with zero attached hydrogens (tertiary/aromatic N) is 2. The summed E-state index contributed by atoms with van der Waals surface area (Å²) in [5.41, 5.74) is 11.5. The summed E-state index contributed by atoms with van der Waals surface area (Å²) in [6, 6.07) is -6.40. The van der Waals surface area contributed by atoms with E-state index in [9.17, 15) is 74.4 Å². The molecule has 3 aliphatic heterocycles. The molecular weight excluding hydrogens is 1120 g/mol. The number of phenols is 1. The lowest BCUT2D eigenvalue weighted by molar-refractivity contribution is -0.148. The van der Waals surface area contributed by atoms with Crippen LogP contribution in [0, 0.1) is 11.8 Å². The van der Waals surface area contributed by atoms with E-state index < -0.39 is 158 Å². The zero-order valence-electron chi connectivity index (χ0n) is 49.7. The predicted molar refractivity (Wildman–Crippen MR) is 307 cm³/mol. The van der Waals surface area contributed by atoms with Crippen molar-refractivity contribution in [3.05, 3.63) is 29.8 Å². The molecule has 85 heavy (non-hydrogen) atoms. The van der Waals surface area contributed by atoms with E-state index in [1.54, 1.807) is 0 Å². The first kappa shape index (κ1) is 74.9. The van der Waals surface area contributed by atoms with Gasteiger partial charge in [0.1, 0.15) is 60.4 Å². The Morgan fingerprint density at radius 2 is 1.25 bits per heavy atom. The Balaban J connectivity index is 0.00000289. The minimum Gasteiger partial charge on any atom is -0.508 e. The number of hydrogen-bond donors (Lipinski definition) is 18. The van der Waals surface area contributed by atoms with Crippen LogP contribution < -0.4 is 43.4 Å². The Bertz CT molecular complexity index is 2270. The third-order valence-electron chi connectivity index (χ3n) is 14.9. The first-order valence-electron chi connectivity index (χ1n) is 29.2. The maximum atomic E-state index is 14.6. The van der Waals surface area contributed by atoms with E-state index in [2.05, 4.69) is 52.7 Å². The number of amides is 7. The summed E-state index contributed by atoms with van der Waals surface area (Å²) < 4.78 is 0. The lowest BCUT2D eigenvalue weighted by Gasteiger charge is -2.35. The molecule has 4 rings (SSSR count). The fourth-order valence-corrected chi connectivity index (χ4v) is 10.2. The van der Waals surface area contributed by atoms with E-state index in [0.29, 0.717) is 24.7 Å². The highest BCUT2D eigenvalue weighted by Crippen LogP contribution is 2.27. The van der Waals surface area contributed by atoms with Crippen molar-refractivity contribution in [2.45, 2.75) is 217 Å². The van der Waals surface area contributed by atoms with Gasteiger partial charge in [-0.15, -0.1) is 0 Å². The van der Waals surface area contributed by atoms with Crippen molar-refractivity contribution in [3.63, 3.8) is 0 Å². The third kappa shape index (κ3) is 25.4. The quantitative estimate of drug-likeness (QED) is 0.0482. The molecule has 7 amide bonds. The Labute approximate surface area is 496 Å². The van der Waals surface area contributed by atoms with E-state index in [4.69, 9.17) is 31.3 Å². The van der Waals surface area contributed by atoms with Crippen LogP contribution >= 0.6 is 0 Å². The van der Waals surface area contributed by atoms with Crippen LogP contribution in [0.3, 0.4) is 0 Å². The molecule has 3 fully saturated rings. The van der Waals surface area contributed by atoms with Crippen molar-refractivity contribution in [2.75, 3.05) is 32.7 Å². The fraction of sp³-hybridized carbons (Fsp3) is 0.732. The second kappa shape index (κ2) is 38.1. The predicted octanol–water partition coefficient (Wildman–Crippen LogP) is -3.13. The van der Waals surface area contributed by atoms with Crippen LogP contribution in [0.2, 0.25) is 0 Å². The third-order valence-corrected chi connectivity index (χ3v) is 14.9. The normalized spacial score (nSPS) is 26.5. The maximum absolute atomic E-state index is 14.6. The number of benzene rings is 1. The molecule has 29 nitrogen and oxygen atoms in total. The minimum atomic E-state index is -2.28. The number of phenolic OH excluding ortho intramolecular Hbond substituents is 1. The average molecular weight is 1210 g/mol. The molecule has 3 heterocycles. The summed E-state index contributed by atoms with van der Waals surface area (Å²) in [5, 5.41) is 119. The number of carboxylic acids is 2. The van der Waals surface area contributed by atoms with Gasteiger partial charge >= 0.3 is 0 Å². The van der Waals surface area contributed by atoms with Crippen molar-refractivity contribution in [3.8, 4) is 5.75 Å². The molecule has 1 aromatic rings. The molecule has 0 radical (unpaired) electrons. The SMILES string of the molecule is CC(=O)O.CC(=O)O.CCC(C)CC(C)CCCCCCCCC(=O)N[C@H]1C[C@@H](O)[C@H](NCCN)NC(=O)[C@@H]2[C@@H](O)CCN2C(=O)[C@H]([C@H](O)CCN)NC(=O)[C@H]([C@H](O)[C@@H](O)c2ccc(O)cc2)NC(=O)[C@@H]2C[C@@H](O)CN2C(=O)[C@H]([C@@H](C)O)NC1=O. The molecule has 0 aromatic heterocycles. The van der Waals surface area contributed by atoms with Gasteiger partial charge in [-0.25, -0.2) is 0 Å². The number of aliphatic hydroxyl groups is 7. The van der Waals surface area contributed by atoms with Gasteiger partial charge in [-0.2, -0.15) is 0 Å². The van der Waals surface area contributed by atoms with Gasteiger partial charge in [0.15, 0.2) is 0 Å². The molecule has 29 heteroatoms. The van der Waals surface area contributed by atoms with E-state index in [0.717, 1.165) is 69.1 Å². The second-order valence-electron chi connectivity index (χ2n) is 22.3. The number of unbranched alkanes of at least 4 members (excludes halogenated alkanes) is 5. The maximum Gasteiger partial charge on any atom is 0.300 e. The van der Waals surface area contributed by atoms with E-state index in [-0.39, 0.29) is 56.8 Å². The molecule has 0 saturated carbocycles. The minimum absolute atomic E-state index is 0.0257. The summed E-state index contributed by atoms with van der Waals surface area (Å²) in [6.45, 7) is 8.90. The summed E-state index contributed by atoms with van der Waals surface area (Å²) in [4.78, 5) is 120. The highest BCUT2D eigenvalue weighted by atomic mass is 16.4. The van der Waals surface area contributed by atoms with Crippen LogP contribution in [0.5, 0.6) is 5.75 Å². The topological polar surface area (TPSA) is 487 Å². The lowest BCUT2D eigenvalue weighted by Crippen LogP contribution is -2.65. The zero-order valence-corrected chi connectivity index (χ0v) is 49.7. The van der Waals surface area contributed by atoms with E-state index >= 15 is 0 Å². The van der Waals surface area contributed by atoms with Crippen LogP contribution in [0.1, 0.15) is 143 Å². The van der Waals surface area contributed by atoms with Gasteiger partial charge in [0.2, 0.25) is 41.4 Å². The van der Waals surface area contributed by atoms with Crippen molar-refractivity contribution < 1.29 is 94.2 Å². The summed E-state index contributed by atoms with van der Waals surface area (Å²) in [5.74, 6) is -8.10. The molecule has 2 unspecified atom stereocenters. The van der Waals surface area contributed by atoms with Crippen molar-refractivity contribution in [1.82, 2.24) is 41.7 Å². The monoisotopic (exact) mass is 1210 g/mol. The Morgan fingerprint density at radius 3 is 1.82 bits per heavy atom. The molecule has 0 bridgehead atoms. The van der Waals surface area contributed by atoms with Crippen LogP contribution in [-0.2, 0) is 43.2 Å². The van der Waals surface area contributed by atoms with Crippen LogP contribution in [-0.4, -0.2) is 226 Å².